The molecular formula is C18H24N2O8. The van der Waals surface area contributed by atoms with E-state index in [1.165, 1.54) is 29.2 Å². The second-order valence-electron chi connectivity index (χ2n) is 6.00. The van der Waals surface area contributed by atoms with Crippen molar-refractivity contribution in [2.45, 2.75) is 25.7 Å². The summed E-state index contributed by atoms with van der Waals surface area (Å²) in [5, 5.41) is 18.7. The summed E-state index contributed by atoms with van der Waals surface area (Å²) in [4.78, 5) is 40.3. The van der Waals surface area contributed by atoms with Crippen LogP contribution >= 0.6 is 0 Å². The Bertz CT molecular complexity index is 675. The molecule has 0 spiro atoms. The van der Waals surface area contributed by atoms with Crippen molar-refractivity contribution >= 4 is 17.8 Å². The Balaban J connectivity index is 1.39. The Morgan fingerprint density at radius 1 is 0.857 bits per heavy atom. The van der Waals surface area contributed by atoms with Crippen molar-refractivity contribution in [1.82, 2.24) is 9.63 Å². The van der Waals surface area contributed by atoms with Gasteiger partial charge in [0.15, 0.2) is 0 Å². The molecule has 0 aliphatic carbocycles. The smallest absolute Gasteiger partial charge is 0.333 e. The van der Waals surface area contributed by atoms with Gasteiger partial charge in [0.2, 0.25) is 11.8 Å². The van der Waals surface area contributed by atoms with E-state index in [-0.39, 0.29) is 30.0 Å². The molecule has 2 heterocycles. The average Bonchev–Trinajstić information content (AvgIpc) is 3.15. The van der Waals surface area contributed by atoms with Gasteiger partial charge < -0.3 is 24.5 Å². The minimum Gasteiger partial charge on any atom is -0.492 e. The number of unbranched alkanes of at least 4 members (excludes halogenated alkanes) is 1. The second kappa shape index (κ2) is 11.1. The molecule has 0 atom stereocenters. The van der Waals surface area contributed by atoms with E-state index in [4.69, 9.17) is 14.3 Å². The van der Waals surface area contributed by atoms with E-state index >= 15 is 0 Å². The molecule has 154 valence electrons. The molecule has 28 heavy (non-hydrogen) atoms. The Hall–Kier alpha value is -2.85. The third-order valence-electron chi connectivity index (χ3n) is 3.85. The molecule has 0 unspecified atom stereocenters. The summed E-state index contributed by atoms with van der Waals surface area (Å²) >= 11 is 0. The van der Waals surface area contributed by atoms with Crippen molar-refractivity contribution in [3.05, 3.63) is 24.3 Å². The number of imide groups is 1. The highest BCUT2D eigenvalue weighted by molar-refractivity contribution is 6.12. The van der Waals surface area contributed by atoms with E-state index < -0.39 is 5.97 Å². The summed E-state index contributed by atoms with van der Waals surface area (Å²) in [5.74, 6) is -1.88. The molecule has 1 aliphatic rings. The van der Waals surface area contributed by atoms with E-state index in [1.807, 2.05) is 0 Å². The lowest BCUT2D eigenvalue weighted by Crippen LogP contribution is -2.31. The fourth-order valence-corrected chi connectivity index (χ4v) is 2.41. The molecule has 2 amide bonds. The van der Waals surface area contributed by atoms with Gasteiger partial charge in [0.25, 0.3) is 11.8 Å². The van der Waals surface area contributed by atoms with Gasteiger partial charge in [-0.25, -0.2) is 4.79 Å². The van der Waals surface area contributed by atoms with Gasteiger partial charge in [-0.1, -0.05) is 0 Å². The first-order valence-electron chi connectivity index (χ1n) is 8.99. The zero-order valence-corrected chi connectivity index (χ0v) is 15.4. The molecule has 10 nitrogen and oxygen atoms in total. The molecular weight excluding hydrogens is 372 g/mol. The fraction of sp³-hybridized carbons (Fsp3) is 0.500. The van der Waals surface area contributed by atoms with Crippen molar-refractivity contribution in [2.24, 2.45) is 0 Å². The summed E-state index contributed by atoms with van der Waals surface area (Å²) in [6, 6.07) is 2.41. The van der Waals surface area contributed by atoms with E-state index in [0.29, 0.717) is 50.5 Å². The van der Waals surface area contributed by atoms with Crippen LogP contribution in [-0.2, 0) is 23.9 Å². The summed E-state index contributed by atoms with van der Waals surface area (Å²) in [6.07, 6.45) is 4.43. The lowest BCUT2D eigenvalue weighted by atomic mass is 10.3. The maximum atomic E-state index is 11.6. The lowest BCUT2D eigenvalue weighted by Gasteiger charge is -2.13. The van der Waals surface area contributed by atoms with E-state index in [1.54, 1.807) is 0 Å². The highest BCUT2D eigenvalue weighted by atomic mass is 16.7. The van der Waals surface area contributed by atoms with Crippen LogP contribution in [0.2, 0.25) is 0 Å². The summed E-state index contributed by atoms with van der Waals surface area (Å²) in [7, 11) is 0. The molecule has 0 saturated carbocycles. The number of carbonyl (C=O) groups is 3. The first-order chi connectivity index (χ1) is 13.5. The molecule has 0 fully saturated rings. The molecule has 0 aromatic carbocycles. The van der Waals surface area contributed by atoms with Crippen LogP contribution in [0.5, 0.6) is 11.8 Å². The standard InChI is InChI=1S/C18H24N2O8/c21-14-5-6-15(22)19(14)9-1-2-10-26-12-13-27-11-3-4-18(25)28-20-16(23)7-8-17(20)24/h5-8,23-24H,1-4,9-13H2. The third kappa shape index (κ3) is 6.71. The first kappa shape index (κ1) is 21.5. The SMILES string of the molecule is O=C(CCCOCCOCCCCN1C(=O)C=CC1=O)On1c(O)ccc1O. The number of aromatic nitrogens is 1. The number of amides is 2. The van der Waals surface area contributed by atoms with Crippen LogP contribution < -0.4 is 4.84 Å². The first-order valence-corrected chi connectivity index (χ1v) is 8.99. The number of carbonyl (C=O) groups excluding carboxylic acids is 3. The lowest BCUT2D eigenvalue weighted by molar-refractivity contribution is -0.146. The van der Waals surface area contributed by atoms with Gasteiger partial charge in [0, 0.05) is 44.0 Å². The predicted octanol–water partition coefficient (Wildman–Crippen LogP) is 0.373. The zero-order valence-electron chi connectivity index (χ0n) is 15.4. The van der Waals surface area contributed by atoms with Crippen molar-refractivity contribution in [3.63, 3.8) is 0 Å². The highest BCUT2D eigenvalue weighted by Crippen LogP contribution is 2.18. The van der Waals surface area contributed by atoms with Crippen LogP contribution in [0.1, 0.15) is 25.7 Å². The largest absolute Gasteiger partial charge is 0.492 e. The van der Waals surface area contributed by atoms with Crippen molar-refractivity contribution < 1.29 is 38.9 Å². The van der Waals surface area contributed by atoms with Gasteiger partial charge in [-0.15, -0.1) is 4.73 Å². The molecule has 0 bridgehead atoms. The highest BCUT2D eigenvalue weighted by Gasteiger charge is 2.22. The van der Waals surface area contributed by atoms with Crippen LogP contribution in [0.15, 0.2) is 24.3 Å². The average molecular weight is 396 g/mol. The Kier molecular flexibility index (Phi) is 8.50. The summed E-state index contributed by atoms with van der Waals surface area (Å²) in [6.45, 7) is 2.01. The Morgan fingerprint density at radius 3 is 2.04 bits per heavy atom. The Labute approximate surface area is 161 Å². The van der Waals surface area contributed by atoms with Crippen molar-refractivity contribution in [1.29, 1.82) is 0 Å². The quantitative estimate of drug-likeness (QED) is 0.362. The maximum Gasteiger partial charge on any atom is 0.333 e. The number of hydrogen-bond donors (Lipinski definition) is 2. The van der Waals surface area contributed by atoms with Crippen molar-refractivity contribution in [3.8, 4) is 11.8 Å². The van der Waals surface area contributed by atoms with Gasteiger partial charge >= 0.3 is 5.97 Å². The number of ether oxygens (including phenoxy) is 2. The number of aromatic hydroxyl groups is 2. The number of hydrogen-bond acceptors (Lipinski definition) is 8. The van der Waals surface area contributed by atoms with Gasteiger partial charge in [0.05, 0.1) is 19.6 Å². The fourth-order valence-electron chi connectivity index (χ4n) is 2.41. The summed E-state index contributed by atoms with van der Waals surface area (Å²) in [5.41, 5.74) is 0. The molecule has 0 radical (unpaired) electrons. The topological polar surface area (TPSA) is 128 Å². The monoisotopic (exact) mass is 396 g/mol. The summed E-state index contributed by atoms with van der Waals surface area (Å²) < 4.78 is 11.4. The minimum atomic E-state index is -0.605. The number of rotatable bonds is 13. The molecule has 10 heteroatoms. The molecule has 1 aromatic heterocycles. The normalized spacial score (nSPS) is 13.5. The van der Waals surface area contributed by atoms with E-state index in [0.717, 1.165) is 6.42 Å². The zero-order chi connectivity index (χ0) is 20.4. The van der Waals surface area contributed by atoms with E-state index in [9.17, 15) is 24.6 Å². The Morgan fingerprint density at radius 2 is 1.43 bits per heavy atom. The second-order valence-corrected chi connectivity index (χ2v) is 6.00. The molecule has 0 saturated heterocycles. The van der Waals surface area contributed by atoms with Gasteiger partial charge in [-0.3, -0.25) is 14.5 Å². The van der Waals surface area contributed by atoms with Crippen LogP contribution in [-0.4, -0.2) is 70.6 Å². The van der Waals surface area contributed by atoms with Crippen LogP contribution in [0, 0.1) is 0 Å². The molecule has 1 aliphatic heterocycles. The van der Waals surface area contributed by atoms with Gasteiger partial charge in [0.1, 0.15) is 0 Å². The molecule has 2 N–H and O–H groups in total. The predicted molar refractivity (Wildman–Crippen MR) is 95.3 cm³/mol. The number of nitrogens with zero attached hydrogens (tertiary/aromatic N) is 2. The van der Waals surface area contributed by atoms with Crippen molar-refractivity contribution in [2.75, 3.05) is 33.0 Å². The van der Waals surface area contributed by atoms with Crippen LogP contribution in [0.25, 0.3) is 0 Å². The minimum absolute atomic E-state index is 0.0702. The maximum absolute atomic E-state index is 11.6. The molecule has 1 aromatic rings. The third-order valence-corrected chi connectivity index (χ3v) is 3.85. The van der Waals surface area contributed by atoms with Gasteiger partial charge in [-0.2, -0.15) is 0 Å². The van der Waals surface area contributed by atoms with Crippen LogP contribution in [0.3, 0.4) is 0 Å². The molecule has 2 rings (SSSR count). The van der Waals surface area contributed by atoms with E-state index in [2.05, 4.69) is 0 Å². The van der Waals surface area contributed by atoms with Gasteiger partial charge in [-0.05, 0) is 19.3 Å². The van der Waals surface area contributed by atoms with Crippen LogP contribution in [0.4, 0.5) is 0 Å².